The van der Waals surface area contributed by atoms with Crippen LogP contribution >= 0.6 is 23.2 Å². The lowest BCUT2D eigenvalue weighted by Gasteiger charge is -2.33. The van der Waals surface area contributed by atoms with Gasteiger partial charge in [0, 0.05) is 23.1 Å². The number of anilines is 1. The molecule has 0 radical (unpaired) electrons. The molecular formula is C24H31Cl2N3O4S. The number of sulfonamides is 1. The summed E-state index contributed by atoms with van der Waals surface area (Å²) in [6.07, 6.45) is 3.14. The van der Waals surface area contributed by atoms with Crippen LogP contribution in [0.4, 0.5) is 5.69 Å². The zero-order chi connectivity index (χ0) is 25.3. The molecule has 186 valence electrons. The first-order valence-electron chi connectivity index (χ1n) is 11.1. The number of benzene rings is 2. The summed E-state index contributed by atoms with van der Waals surface area (Å²) in [6.45, 7) is 4.01. The van der Waals surface area contributed by atoms with Crippen LogP contribution in [-0.4, -0.2) is 50.5 Å². The lowest BCUT2D eigenvalue weighted by molar-refractivity contribution is -0.140. The van der Waals surface area contributed by atoms with Crippen molar-refractivity contribution in [3.63, 3.8) is 0 Å². The highest BCUT2D eigenvalue weighted by Crippen LogP contribution is 2.23. The van der Waals surface area contributed by atoms with Crippen molar-refractivity contribution in [3.8, 4) is 0 Å². The summed E-state index contributed by atoms with van der Waals surface area (Å²) in [5, 5.41) is 3.78. The van der Waals surface area contributed by atoms with Gasteiger partial charge in [0.2, 0.25) is 21.8 Å². The fraction of sp³-hybridized carbons (Fsp3) is 0.417. The molecule has 0 unspecified atom stereocenters. The number of nitrogens with zero attached hydrogens (tertiary/aromatic N) is 2. The molecular weight excluding hydrogens is 497 g/mol. The standard InChI is InChI=1S/C24H31Cl2N3O4S/c1-4-6-14-27-24(31)22(5-2)28(16-18-10-12-19(25)13-11-18)23(30)17-29(34(3,32)33)21-9-7-8-20(26)15-21/h7-13,15,22H,4-6,14,16-17H2,1-3H3,(H,27,31)/t22-/m0/s1. The Labute approximate surface area is 212 Å². The minimum atomic E-state index is -3.80. The minimum Gasteiger partial charge on any atom is -0.354 e. The minimum absolute atomic E-state index is 0.128. The van der Waals surface area contributed by atoms with E-state index in [1.807, 2.05) is 13.8 Å². The molecule has 2 aromatic rings. The second-order valence-corrected chi connectivity index (χ2v) is 10.7. The van der Waals surface area contributed by atoms with Crippen molar-refractivity contribution in [3.05, 3.63) is 64.1 Å². The fourth-order valence-corrected chi connectivity index (χ4v) is 4.61. The molecule has 34 heavy (non-hydrogen) atoms. The van der Waals surface area contributed by atoms with Gasteiger partial charge >= 0.3 is 0 Å². The van der Waals surface area contributed by atoms with Gasteiger partial charge in [-0.1, -0.05) is 61.7 Å². The molecule has 0 saturated carbocycles. The molecule has 1 N–H and O–H groups in total. The summed E-state index contributed by atoms with van der Waals surface area (Å²) in [4.78, 5) is 27.9. The van der Waals surface area contributed by atoms with Crippen LogP contribution in [0.5, 0.6) is 0 Å². The zero-order valence-electron chi connectivity index (χ0n) is 19.6. The lowest BCUT2D eigenvalue weighted by atomic mass is 10.1. The molecule has 0 aliphatic carbocycles. The molecule has 0 aliphatic heterocycles. The maximum absolute atomic E-state index is 13.5. The van der Waals surface area contributed by atoms with Gasteiger partial charge in [0.1, 0.15) is 12.6 Å². The average Bonchev–Trinajstić information content (AvgIpc) is 2.78. The average molecular weight is 529 g/mol. The first-order valence-corrected chi connectivity index (χ1v) is 13.7. The second kappa shape index (κ2) is 13.0. The first-order chi connectivity index (χ1) is 16.1. The van der Waals surface area contributed by atoms with E-state index in [2.05, 4.69) is 5.32 Å². The molecule has 2 aromatic carbocycles. The van der Waals surface area contributed by atoms with Gasteiger partial charge in [-0.05, 0) is 48.7 Å². The smallest absolute Gasteiger partial charge is 0.244 e. The van der Waals surface area contributed by atoms with Crippen molar-refractivity contribution in [1.82, 2.24) is 10.2 Å². The predicted molar refractivity (Wildman–Crippen MR) is 138 cm³/mol. The zero-order valence-corrected chi connectivity index (χ0v) is 22.0. The molecule has 0 aromatic heterocycles. The summed E-state index contributed by atoms with van der Waals surface area (Å²) in [7, 11) is -3.80. The number of hydrogen-bond donors (Lipinski definition) is 1. The molecule has 0 saturated heterocycles. The third kappa shape index (κ3) is 8.18. The van der Waals surface area contributed by atoms with Crippen LogP contribution < -0.4 is 9.62 Å². The van der Waals surface area contributed by atoms with Crippen LogP contribution in [0.1, 0.15) is 38.7 Å². The summed E-state index contributed by atoms with van der Waals surface area (Å²) < 4.78 is 26.1. The summed E-state index contributed by atoms with van der Waals surface area (Å²) >= 11 is 12.0. The number of carbonyl (C=O) groups is 2. The van der Waals surface area contributed by atoms with Gasteiger partial charge < -0.3 is 10.2 Å². The number of nitrogens with one attached hydrogen (secondary N) is 1. The van der Waals surface area contributed by atoms with Crippen molar-refractivity contribution in [2.24, 2.45) is 0 Å². The molecule has 2 amide bonds. The van der Waals surface area contributed by atoms with Crippen molar-refractivity contribution >= 4 is 50.7 Å². The highest BCUT2D eigenvalue weighted by molar-refractivity contribution is 7.92. The summed E-state index contributed by atoms with van der Waals surface area (Å²) in [5.41, 5.74) is 1.04. The molecule has 10 heteroatoms. The van der Waals surface area contributed by atoms with Gasteiger partial charge in [0.25, 0.3) is 0 Å². The van der Waals surface area contributed by atoms with E-state index in [1.54, 1.807) is 42.5 Å². The third-order valence-corrected chi connectivity index (χ3v) is 6.88. The molecule has 0 fully saturated rings. The largest absolute Gasteiger partial charge is 0.354 e. The Morgan fingerprint density at radius 3 is 2.26 bits per heavy atom. The Hall–Kier alpha value is -2.29. The molecule has 0 bridgehead atoms. The predicted octanol–water partition coefficient (Wildman–Crippen LogP) is 4.48. The Kier molecular flexibility index (Phi) is 10.7. The molecule has 0 heterocycles. The van der Waals surface area contributed by atoms with Gasteiger partial charge in [0.05, 0.1) is 11.9 Å². The number of carbonyl (C=O) groups excluding carboxylic acids is 2. The van der Waals surface area contributed by atoms with E-state index in [-0.39, 0.29) is 18.1 Å². The van der Waals surface area contributed by atoms with Crippen molar-refractivity contribution < 1.29 is 18.0 Å². The lowest BCUT2D eigenvalue weighted by Crippen LogP contribution is -2.52. The van der Waals surface area contributed by atoms with Crippen molar-refractivity contribution in [1.29, 1.82) is 0 Å². The number of unbranched alkanes of at least 4 members (excludes halogenated alkanes) is 1. The normalized spacial score (nSPS) is 12.1. The van der Waals surface area contributed by atoms with Gasteiger partial charge in [-0.15, -0.1) is 0 Å². The van der Waals surface area contributed by atoms with E-state index >= 15 is 0 Å². The van der Waals surface area contributed by atoms with E-state index in [0.717, 1.165) is 29.0 Å². The van der Waals surface area contributed by atoms with Gasteiger partial charge in [-0.25, -0.2) is 8.42 Å². The van der Waals surface area contributed by atoms with E-state index < -0.39 is 28.5 Å². The van der Waals surface area contributed by atoms with Crippen LogP contribution in [0.2, 0.25) is 10.0 Å². The topological polar surface area (TPSA) is 86.8 Å². The van der Waals surface area contributed by atoms with Gasteiger partial charge in [0.15, 0.2) is 0 Å². The van der Waals surface area contributed by atoms with Crippen molar-refractivity contribution in [2.75, 3.05) is 23.7 Å². The summed E-state index contributed by atoms with van der Waals surface area (Å²) in [5.74, 6) is -0.773. The molecule has 0 spiro atoms. The number of amides is 2. The van der Waals surface area contributed by atoms with Gasteiger partial charge in [-0.2, -0.15) is 0 Å². The van der Waals surface area contributed by atoms with Crippen LogP contribution in [0.25, 0.3) is 0 Å². The second-order valence-electron chi connectivity index (χ2n) is 7.97. The Bertz CT molecular complexity index is 1080. The van der Waals surface area contributed by atoms with Crippen LogP contribution in [-0.2, 0) is 26.2 Å². The highest BCUT2D eigenvalue weighted by Gasteiger charge is 2.31. The van der Waals surface area contributed by atoms with Crippen LogP contribution in [0, 0.1) is 0 Å². The van der Waals surface area contributed by atoms with Crippen LogP contribution in [0.15, 0.2) is 48.5 Å². The first kappa shape index (κ1) is 28.0. The summed E-state index contributed by atoms with van der Waals surface area (Å²) in [6, 6.07) is 12.5. The molecule has 0 aliphatic rings. The van der Waals surface area contributed by atoms with E-state index in [4.69, 9.17) is 23.2 Å². The number of hydrogen-bond acceptors (Lipinski definition) is 4. The van der Waals surface area contributed by atoms with E-state index in [0.29, 0.717) is 23.0 Å². The fourth-order valence-electron chi connectivity index (χ4n) is 3.46. The Morgan fingerprint density at radius 1 is 1.03 bits per heavy atom. The van der Waals surface area contributed by atoms with Crippen molar-refractivity contribution in [2.45, 2.75) is 45.7 Å². The van der Waals surface area contributed by atoms with Crippen LogP contribution in [0.3, 0.4) is 0 Å². The Balaban J connectivity index is 2.39. The monoisotopic (exact) mass is 527 g/mol. The number of rotatable bonds is 12. The quantitative estimate of drug-likeness (QED) is 0.412. The maximum Gasteiger partial charge on any atom is 0.244 e. The molecule has 7 nitrogen and oxygen atoms in total. The maximum atomic E-state index is 13.5. The number of halogens is 2. The molecule has 1 atom stereocenters. The SMILES string of the molecule is CCCCNC(=O)[C@H](CC)N(Cc1ccc(Cl)cc1)C(=O)CN(c1cccc(Cl)c1)S(C)(=O)=O. The van der Waals surface area contributed by atoms with E-state index in [1.165, 1.54) is 11.0 Å². The third-order valence-electron chi connectivity index (χ3n) is 5.26. The molecule has 2 rings (SSSR count). The van der Waals surface area contributed by atoms with E-state index in [9.17, 15) is 18.0 Å². The highest BCUT2D eigenvalue weighted by atomic mass is 35.5. The Morgan fingerprint density at radius 2 is 1.71 bits per heavy atom. The van der Waals surface area contributed by atoms with Gasteiger partial charge in [-0.3, -0.25) is 13.9 Å².